The highest BCUT2D eigenvalue weighted by Gasteiger charge is 2.67. The maximum Gasteiger partial charge on any atom is 0.423 e. The molecule has 0 saturated heterocycles. The molecule has 1 N–H and O–H groups in total. The molecule has 0 saturated carbocycles. The van der Waals surface area contributed by atoms with Crippen LogP contribution < -0.4 is 5.32 Å². The molecule has 2 aromatic carbocycles. The van der Waals surface area contributed by atoms with E-state index in [-0.39, 0.29) is 11.5 Å². The molecule has 0 aliphatic rings. The SMILES string of the molecule is COC(=O)[C@](NC(=O)OCc1ccccc1)([C@@H](C)[S@@](=O)c1ccc(C)cc1)C(F)(F)F. The Morgan fingerprint density at radius 2 is 1.65 bits per heavy atom. The van der Waals surface area contributed by atoms with E-state index in [0.717, 1.165) is 19.6 Å². The van der Waals surface area contributed by atoms with Gasteiger partial charge in [-0.25, -0.2) is 9.59 Å². The van der Waals surface area contributed by atoms with Crippen LogP contribution in [0.2, 0.25) is 0 Å². The average molecular weight is 457 g/mol. The fourth-order valence-corrected chi connectivity index (χ4v) is 4.28. The van der Waals surface area contributed by atoms with Gasteiger partial charge in [-0.05, 0) is 31.5 Å². The highest BCUT2D eigenvalue weighted by molar-refractivity contribution is 7.85. The number of ether oxygens (including phenoxy) is 2. The molecule has 6 nitrogen and oxygen atoms in total. The average Bonchev–Trinajstić information content (AvgIpc) is 2.75. The van der Waals surface area contributed by atoms with Crippen LogP contribution in [0.15, 0.2) is 59.5 Å². The van der Waals surface area contributed by atoms with Crippen LogP contribution in [0.3, 0.4) is 0 Å². The Bertz CT molecular complexity index is 934. The fraction of sp³-hybridized carbons (Fsp3) is 0.333. The van der Waals surface area contributed by atoms with E-state index < -0.39 is 39.8 Å². The first-order chi connectivity index (χ1) is 14.5. The smallest absolute Gasteiger partial charge is 0.423 e. The number of methoxy groups -OCH3 is 1. The van der Waals surface area contributed by atoms with E-state index in [4.69, 9.17) is 4.74 Å². The summed E-state index contributed by atoms with van der Waals surface area (Å²) in [5.41, 5.74) is -2.25. The summed E-state index contributed by atoms with van der Waals surface area (Å²) in [7, 11) is -1.57. The standard InChI is InChI=1S/C21H22F3NO5S/c1-14-9-11-17(12-10-14)31(28)15(2)20(18(26)29-3,21(22,23)24)25-19(27)30-13-16-7-5-4-6-8-16/h4-12,15H,13H2,1-3H3,(H,25,27)/t15-,20-,31-/m1/s1. The van der Waals surface area contributed by atoms with Gasteiger partial charge in [0.25, 0.3) is 5.54 Å². The number of benzene rings is 2. The van der Waals surface area contributed by atoms with Crippen LogP contribution >= 0.6 is 0 Å². The third-order valence-corrected chi connectivity index (χ3v) is 6.38. The van der Waals surface area contributed by atoms with Gasteiger partial charge in [0.2, 0.25) is 0 Å². The zero-order valence-electron chi connectivity index (χ0n) is 17.1. The second-order valence-electron chi connectivity index (χ2n) is 6.74. The highest BCUT2D eigenvalue weighted by Crippen LogP contribution is 2.38. The predicted molar refractivity (Wildman–Crippen MR) is 108 cm³/mol. The van der Waals surface area contributed by atoms with Gasteiger partial charge >= 0.3 is 18.2 Å². The second-order valence-corrected chi connectivity index (χ2v) is 8.51. The topological polar surface area (TPSA) is 81.7 Å². The minimum absolute atomic E-state index is 0.0649. The van der Waals surface area contributed by atoms with Gasteiger partial charge in [-0.3, -0.25) is 9.53 Å². The lowest BCUT2D eigenvalue weighted by atomic mass is 9.95. The van der Waals surface area contributed by atoms with Crippen molar-refractivity contribution >= 4 is 22.9 Å². The van der Waals surface area contributed by atoms with Crippen LogP contribution in [-0.4, -0.2) is 40.3 Å². The van der Waals surface area contributed by atoms with Crippen molar-refractivity contribution in [1.29, 1.82) is 0 Å². The van der Waals surface area contributed by atoms with Crippen molar-refractivity contribution in [2.45, 2.75) is 42.3 Å². The number of alkyl carbamates (subject to hydrolysis) is 1. The number of alkyl halides is 3. The van der Waals surface area contributed by atoms with E-state index in [2.05, 4.69) is 4.74 Å². The van der Waals surface area contributed by atoms with Gasteiger partial charge in [0.1, 0.15) is 6.61 Å². The molecule has 2 aromatic rings. The molecule has 31 heavy (non-hydrogen) atoms. The van der Waals surface area contributed by atoms with Crippen LogP contribution in [0.4, 0.5) is 18.0 Å². The summed E-state index contributed by atoms with van der Waals surface area (Å²) in [5.74, 6) is -1.80. The van der Waals surface area contributed by atoms with Crippen molar-refractivity contribution in [3.05, 3.63) is 65.7 Å². The predicted octanol–water partition coefficient (Wildman–Crippen LogP) is 3.89. The van der Waals surface area contributed by atoms with E-state index in [1.54, 1.807) is 54.7 Å². The molecule has 0 fully saturated rings. The van der Waals surface area contributed by atoms with Crippen molar-refractivity contribution < 1.29 is 36.4 Å². The monoisotopic (exact) mass is 457 g/mol. The highest BCUT2D eigenvalue weighted by atomic mass is 32.2. The lowest BCUT2D eigenvalue weighted by Gasteiger charge is -2.37. The molecule has 3 atom stereocenters. The van der Waals surface area contributed by atoms with Crippen molar-refractivity contribution in [1.82, 2.24) is 5.32 Å². The summed E-state index contributed by atoms with van der Waals surface area (Å²) in [6.07, 6.45) is -6.83. The van der Waals surface area contributed by atoms with Gasteiger partial charge in [-0.1, -0.05) is 48.0 Å². The van der Waals surface area contributed by atoms with Gasteiger partial charge in [-0.2, -0.15) is 13.2 Å². The quantitative estimate of drug-likeness (QED) is 0.638. The van der Waals surface area contributed by atoms with Crippen LogP contribution in [0.5, 0.6) is 0 Å². The maximum atomic E-state index is 14.2. The normalized spacial score (nSPS) is 15.3. The van der Waals surface area contributed by atoms with E-state index in [9.17, 15) is 27.0 Å². The van der Waals surface area contributed by atoms with E-state index in [1.165, 1.54) is 12.1 Å². The Labute approximate surface area is 180 Å². The minimum atomic E-state index is -5.33. The molecule has 0 bridgehead atoms. The molecule has 0 heterocycles. The number of aryl methyl sites for hydroxylation is 1. The number of hydrogen-bond donors (Lipinski definition) is 1. The summed E-state index contributed by atoms with van der Waals surface area (Å²) in [5, 5.41) is -0.325. The number of halogens is 3. The first-order valence-corrected chi connectivity index (χ1v) is 10.4. The molecule has 168 valence electrons. The number of esters is 1. The molecule has 0 unspecified atom stereocenters. The van der Waals surface area contributed by atoms with Crippen LogP contribution in [0.1, 0.15) is 18.1 Å². The Morgan fingerprint density at radius 3 is 2.16 bits per heavy atom. The molecule has 1 amide bonds. The van der Waals surface area contributed by atoms with Gasteiger partial charge in [0, 0.05) is 4.90 Å². The Hall–Kier alpha value is -2.88. The molecule has 2 rings (SSSR count). The summed E-state index contributed by atoms with van der Waals surface area (Å²) in [6, 6.07) is 14.2. The summed E-state index contributed by atoms with van der Waals surface area (Å²) in [6.45, 7) is 2.39. The number of carbonyl (C=O) groups is 2. The number of hydrogen-bond acceptors (Lipinski definition) is 5. The van der Waals surface area contributed by atoms with Crippen LogP contribution in [0, 0.1) is 6.92 Å². The largest absolute Gasteiger partial charge is 0.467 e. The van der Waals surface area contributed by atoms with Gasteiger partial charge in [0.05, 0.1) is 23.2 Å². The van der Waals surface area contributed by atoms with Gasteiger partial charge < -0.3 is 9.47 Å². The molecule has 0 aromatic heterocycles. The van der Waals surface area contributed by atoms with Gasteiger partial charge in [-0.15, -0.1) is 0 Å². The Balaban J connectivity index is 2.37. The van der Waals surface area contributed by atoms with Crippen molar-refractivity contribution in [2.24, 2.45) is 0 Å². The van der Waals surface area contributed by atoms with Crippen LogP contribution in [0.25, 0.3) is 0 Å². The molecule has 0 aliphatic carbocycles. The Kier molecular flexibility index (Phi) is 7.83. The van der Waals surface area contributed by atoms with Gasteiger partial charge in [0.15, 0.2) is 0 Å². The molecular weight excluding hydrogens is 435 g/mol. The second kappa shape index (κ2) is 9.95. The van der Waals surface area contributed by atoms with Crippen LogP contribution in [-0.2, 0) is 31.7 Å². The molecule has 0 aliphatic heterocycles. The minimum Gasteiger partial charge on any atom is -0.467 e. The van der Waals surface area contributed by atoms with Crippen molar-refractivity contribution in [2.75, 3.05) is 7.11 Å². The fourth-order valence-electron chi connectivity index (χ4n) is 2.85. The maximum absolute atomic E-state index is 14.2. The number of rotatable bonds is 7. The molecule has 0 radical (unpaired) electrons. The summed E-state index contributed by atoms with van der Waals surface area (Å²) >= 11 is 0. The first-order valence-electron chi connectivity index (χ1n) is 9.14. The lowest BCUT2D eigenvalue weighted by Crippen LogP contribution is -2.70. The number of nitrogens with one attached hydrogen (secondary N) is 1. The third kappa shape index (κ3) is 5.43. The van der Waals surface area contributed by atoms with E-state index in [1.807, 2.05) is 0 Å². The van der Waals surface area contributed by atoms with E-state index in [0.29, 0.717) is 5.56 Å². The van der Waals surface area contributed by atoms with E-state index >= 15 is 0 Å². The van der Waals surface area contributed by atoms with Crippen molar-refractivity contribution in [3.8, 4) is 0 Å². The molecular formula is C21H22F3NO5S. The third-order valence-electron chi connectivity index (χ3n) is 4.65. The zero-order valence-corrected chi connectivity index (χ0v) is 17.9. The Morgan fingerprint density at radius 1 is 1.06 bits per heavy atom. The summed E-state index contributed by atoms with van der Waals surface area (Å²) in [4.78, 5) is 24.7. The summed E-state index contributed by atoms with van der Waals surface area (Å²) < 4.78 is 64.8. The number of carbonyl (C=O) groups excluding carboxylic acids is 2. The number of amides is 1. The molecule has 0 spiro atoms. The molecule has 10 heteroatoms. The van der Waals surface area contributed by atoms with Crippen molar-refractivity contribution in [3.63, 3.8) is 0 Å². The lowest BCUT2D eigenvalue weighted by molar-refractivity contribution is -0.210. The first kappa shape index (κ1) is 24.4. The zero-order chi connectivity index (χ0) is 23.2.